The molecule has 0 spiro atoms. The van der Waals surface area contributed by atoms with Crippen molar-refractivity contribution in [3.05, 3.63) is 88.4 Å². The SMILES string of the molecule is CCCCNC(=O)C(C)N(Cc1cccc(C)c1)C(=O)CN(c1ccc(OC)c(Cl)c1)S(=O)(=O)c1ccc(C)cc1. The Bertz CT molecular complexity index is 1460. The Hall–Kier alpha value is -3.56. The van der Waals surface area contributed by atoms with Crippen molar-refractivity contribution in [2.24, 2.45) is 0 Å². The first-order chi connectivity index (χ1) is 19.5. The Kier molecular flexibility index (Phi) is 11.2. The number of benzene rings is 3. The summed E-state index contributed by atoms with van der Waals surface area (Å²) in [5.74, 6) is -0.472. The number of aryl methyl sites for hydroxylation is 2. The Balaban J connectivity index is 2.04. The van der Waals surface area contributed by atoms with E-state index in [9.17, 15) is 18.0 Å². The normalized spacial score (nSPS) is 12.0. The Morgan fingerprint density at radius 1 is 1.00 bits per heavy atom. The highest BCUT2D eigenvalue weighted by molar-refractivity contribution is 7.92. The third-order valence-electron chi connectivity index (χ3n) is 6.74. The molecule has 1 N–H and O–H groups in total. The molecule has 220 valence electrons. The van der Waals surface area contributed by atoms with Gasteiger partial charge in [-0.3, -0.25) is 13.9 Å². The summed E-state index contributed by atoms with van der Waals surface area (Å²) >= 11 is 6.37. The van der Waals surface area contributed by atoms with E-state index in [1.165, 1.54) is 36.3 Å². The van der Waals surface area contributed by atoms with Crippen molar-refractivity contribution < 1.29 is 22.7 Å². The van der Waals surface area contributed by atoms with Crippen LogP contribution in [0.15, 0.2) is 71.6 Å². The van der Waals surface area contributed by atoms with Gasteiger partial charge < -0.3 is 15.0 Å². The van der Waals surface area contributed by atoms with Gasteiger partial charge in [-0.1, -0.05) is 72.5 Å². The fourth-order valence-corrected chi connectivity index (χ4v) is 5.96. The second-order valence-corrected chi connectivity index (χ2v) is 12.2. The van der Waals surface area contributed by atoms with Gasteiger partial charge in [0.1, 0.15) is 18.3 Å². The molecule has 0 fully saturated rings. The number of hydrogen-bond acceptors (Lipinski definition) is 5. The number of ether oxygens (including phenoxy) is 1. The van der Waals surface area contributed by atoms with E-state index in [-0.39, 0.29) is 28.1 Å². The lowest BCUT2D eigenvalue weighted by Crippen LogP contribution is -2.51. The van der Waals surface area contributed by atoms with Crippen LogP contribution < -0.4 is 14.4 Å². The van der Waals surface area contributed by atoms with Gasteiger partial charge in [0.2, 0.25) is 11.8 Å². The van der Waals surface area contributed by atoms with E-state index in [4.69, 9.17) is 16.3 Å². The first kappa shape index (κ1) is 32.0. The van der Waals surface area contributed by atoms with Crippen molar-refractivity contribution in [2.75, 3.05) is 24.5 Å². The van der Waals surface area contributed by atoms with E-state index in [0.717, 1.165) is 33.8 Å². The maximum absolute atomic E-state index is 14.0. The molecule has 1 unspecified atom stereocenters. The number of halogens is 1. The summed E-state index contributed by atoms with van der Waals surface area (Å²) in [6, 6.07) is 17.7. The van der Waals surface area contributed by atoms with Crippen LogP contribution in [0.1, 0.15) is 43.4 Å². The number of unbranched alkanes of at least 4 members (excludes halogenated alkanes) is 1. The van der Waals surface area contributed by atoms with E-state index >= 15 is 0 Å². The summed E-state index contributed by atoms with van der Waals surface area (Å²) in [6.07, 6.45) is 1.72. The molecule has 3 aromatic carbocycles. The van der Waals surface area contributed by atoms with Gasteiger partial charge in [-0.2, -0.15) is 0 Å². The van der Waals surface area contributed by atoms with Gasteiger partial charge in [0.25, 0.3) is 10.0 Å². The third kappa shape index (κ3) is 8.24. The maximum atomic E-state index is 14.0. The Morgan fingerprint density at radius 3 is 2.32 bits per heavy atom. The zero-order chi connectivity index (χ0) is 30.2. The van der Waals surface area contributed by atoms with E-state index in [1.54, 1.807) is 25.1 Å². The summed E-state index contributed by atoms with van der Waals surface area (Å²) in [6.45, 7) is 7.55. The summed E-state index contributed by atoms with van der Waals surface area (Å²) < 4.78 is 34.2. The Morgan fingerprint density at radius 2 is 1.71 bits per heavy atom. The average Bonchev–Trinajstić information content (AvgIpc) is 2.94. The summed E-state index contributed by atoms with van der Waals surface area (Å²) in [7, 11) is -2.73. The van der Waals surface area contributed by atoms with Crippen molar-refractivity contribution in [2.45, 2.75) is 58.0 Å². The molecule has 0 heterocycles. The predicted octanol–water partition coefficient (Wildman–Crippen LogP) is 5.49. The van der Waals surface area contributed by atoms with Crippen molar-refractivity contribution in [3.8, 4) is 5.75 Å². The second-order valence-electron chi connectivity index (χ2n) is 9.97. The van der Waals surface area contributed by atoms with Crippen LogP contribution in [0.25, 0.3) is 0 Å². The molecule has 0 saturated heterocycles. The molecule has 0 aliphatic carbocycles. The zero-order valence-corrected chi connectivity index (χ0v) is 25.8. The quantitative estimate of drug-likeness (QED) is 0.262. The zero-order valence-electron chi connectivity index (χ0n) is 24.2. The molecular formula is C31H38ClN3O5S. The van der Waals surface area contributed by atoms with Crippen LogP contribution >= 0.6 is 11.6 Å². The van der Waals surface area contributed by atoms with E-state index < -0.39 is 28.5 Å². The van der Waals surface area contributed by atoms with Crippen LogP contribution in [0.3, 0.4) is 0 Å². The minimum Gasteiger partial charge on any atom is -0.495 e. The molecule has 41 heavy (non-hydrogen) atoms. The second kappa shape index (κ2) is 14.4. The molecule has 8 nitrogen and oxygen atoms in total. The molecule has 3 rings (SSSR count). The highest BCUT2D eigenvalue weighted by Crippen LogP contribution is 2.32. The van der Waals surface area contributed by atoms with Crippen molar-refractivity contribution in [1.29, 1.82) is 0 Å². The van der Waals surface area contributed by atoms with E-state index in [1.807, 2.05) is 45.0 Å². The van der Waals surface area contributed by atoms with Crippen LogP contribution in [-0.2, 0) is 26.2 Å². The first-order valence-corrected chi connectivity index (χ1v) is 15.4. The lowest BCUT2D eigenvalue weighted by molar-refractivity contribution is -0.139. The molecule has 0 aliphatic heterocycles. The molecule has 0 saturated carbocycles. The van der Waals surface area contributed by atoms with E-state index in [0.29, 0.717) is 12.3 Å². The number of amides is 2. The van der Waals surface area contributed by atoms with Gasteiger partial charge in [-0.15, -0.1) is 0 Å². The fourth-order valence-electron chi connectivity index (χ4n) is 4.30. The van der Waals surface area contributed by atoms with Gasteiger partial charge in [-0.05, 0) is 63.1 Å². The molecule has 0 aliphatic rings. The number of carbonyl (C=O) groups is 2. The van der Waals surface area contributed by atoms with Crippen LogP contribution in [0, 0.1) is 13.8 Å². The molecule has 0 bridgehead atoms. The third-order valence-corrected chi connectivity index (χ3v) is 8.83. The van der Waals surface area contributed by atoms with Gasteiger partial charge in [0.15, 0.2) is 0 Å². The van der Waals surface area contributed by atoms with Crippen LogP contribution in [0.2, 0.25) is 5.02 Å². The summed E-state index contributed by atoms with van der Waals surface area (Å²) in [5.41, 5.74) is 2.92. The monoisotopic (exact) mass is 599 g/mol. The van der Waals surface area contributed by atoms with Gasteiger partial charge in [0, 0.05) is 13.1 Å². The molecule has 1 atom stereocenters. The summed E-state index contributed by atoms with van der Waals surface area (Å²) in [4.78, 5) is 28.5. The molecule has 0 aromatic heterocycles. The van der Waals surface area contributed by atoms with Crippen molar-refractivity contribution in [3.63, 3.8) is 0 Å². The number of nitrogens with one attached hydrogen (secondary N) is 1. The highest BCUT2D eigenvalue weighted by Gasteiger charge is 2.32. The number of anilines is 1. The summed E-state index contributed by atoms with van der Waals surface area (Å²) in [5, 5.41) is 3.08. The lowest BCUT2D eigenvalue weighted by Gasteiger charge is -2.32. The van der Waals surface area contributed by atoms with Crippen LogP contribution in [0.4, 0.5) is 5.69 Å². The molecule has 10 heteroatoms. The largest absolute Gasteiger partial charge is 0.495 e. The van der Waals surface area contributed by atoms with Gasteiger partial charge in [-0.25, -0.2) is 8.42 Å². The molecule has 0 radical (unpaired) electrons. The van der Waals surface area contributed by atoms with Crippen LogP contribution in [0.5, 0.6) is 5.75 Å². The lowest BCUT2D eigenvalue weighted by atomic mass is 10.1. The van der Waals surface area contributed by atoms with E-state index in [2.05, 4.69) is 5.32 Å². The fraction of sp³-hybridized carbons (Fsp3) is 0.355. The predicted molar refractivity (Wildman–Crippen MR) is 163 cm³/mol. The number of hydrogen-bond donors (Lipinski definition) is 1. The number of nitrogens with zero attached hydrogens (tertiary/aromatic N) is 2. The number of carbonyl (C=O) groups excluding carboxylic acids is 2. The standard InChI is InChI=1S/C31H38ClN3O5S/c1-6-7-17-33-31(37)24(4)34(20-25-10-8-9-23(3)18-25)30(36)21-35(26-13-16-29(40-5)28(32)19-26)41(38,39)27-14-11-22(2)12-15-27/h8-16,18-19,24H,6-7,17,20-21H2,1-5H3,(H,33,37). The van der Waals surface area contributed by atoms with Crippen LogP contribution in [-0.4, -0.2) is 51.4 Å². The minimum atomic E-state index is -4.19. The number of rotatable bonds is 13. The number of sulfonamides is 1. The topological polar surface area (TPSA) is 96.0 Å². The van der Waals surface area contributed by atoms with Crippen molar-refractivity contribution in [1.82, 2.24) is 10.2 Å². The highest BCUT2D eigenvalue weighted by atomic mass is 35.5. The molecule has 3 aromatic rings. The average molecular weight is 600 g/mol. The Labute approximate surface area is 248 Å². The minimum absolute atomic E-state index is 0.0263. The van der Waals surface area contributed by atoms with Crippen molar-refractivity contribution >= 4 is 39.1 Å². The smallest absolute Gasteiger partial charge is 0.264 e. The first-order valence-electron chi connectivity index (χ1n) is 13.5. The van der Waals surface area contributed by atoms with Gasteiger partial charge in [0.05, 0.1) is 22.7 Å². The molecule has 2 amide bonds. The van der Waals surface area contributed by atoms with Gasteiger partial charge >= 0.3 is 0 Å². The molecular weight excluding hydrogens is 562 g/mol. The number of methoxy groups -OCH3 is 1. The maximum Gasteiger partial charge on any atom is 0.264 e.